The molecule has 100 valence electrons. The fourth-order valence-corrected chi connectivity index (χ4v) is 2.04. The maximum atomic E-state index is 12.9. The minimum atomic E-state index is -0.820. The van der Waals surface area contributed by atoms with Crippen molar-refractivity contribution < 1.29 is 9.18 Å². The van der Waals surface area contributed by atoms with E-state index < -0.39 is 5.92 Å². The normalized spacial score (nSPS) is 11.6. The topological polar surface area (TPSA) is 40.9 Å². The first-order valence-electron chi connectivity index (χ1n) is 6.42. The van der Waals surface area contributed by atoms with Crippen molar-refractivity contribution in [1.29, 1.82) is 5.26 Å². The highest BCUT2D eigenvalue weighted by Gasteiger charge is 2.19. The van der Waals surface area contributed by atoms with Crippen molar-refractivity contribution in [3.63, 3.8) is 0 Å². The number of hydrogen-bond donors (Lipinski definition) is 0. The van der Waals surface area contributed by atoms with Gasteiger partial charge in [-0.15, -0.1) is 0 Å². The molecule has 0 aliphatic heterocycles. The molecule has 0 aliphatic rings. The summed E-state index contributed by atoms with van der Waals surface area (Å²) in [5.74, 6) is -1.33. The van der Waals surface area contributed by atoms with Crippen LogP contribution in [0.4, 0.5) is 4.39 Å². The molecule has 0 fully saturated rings. The lowest BCUT2D eigenvalue weighted by Gasteiger charge is -2.08. The molecule has 1 atom stereocenters. The standard InChI is InChI=1S/C17H14FNO/c18-15-9-7-14(8-10-15)16(12-19)17(20)11-6-13-4-2-1-3-5-13/h1-5,7-10,16H,6,11H2. The van der Waals surface area contributed by atoms with Gasteiger partial charge in [0.2, 0.25) is 0 Å². The molecule has 0 saturated carbocycles. The molecule has 2 aromatic carbocycles. The third-order valence-corrected chi connectivity index (χ3v) is 3.16. The molecule has 0 heterocycles. The lowest BCUT2D eigenvalue weighted by Crippen LogP contribution is -2.11. The van der Waals surface area contributed by atoms with Crippen molar-refractivity contribution in [3.05, 3.63) is 71.5 Å². The number of nitrogens with zero attached hydrogens (tertiary/aromatic N) is 1. The maximum Gasteiger partial charge on any atom is 0.154 e. The molecule has 2 aromatic rings. The summed E-state index contributed by atoms with van der Waals surface area (Å²) < 4.78 is 12.9. The Morgan fingerprint density at radius 3 is 2.35 bits per heavy atom. The molecule has 0 amide bonds. The van der Waals surface area contributed by atoms with Crippen molar-refractivity contribution in [3.8, 4) is 6.07 Å². The number of carbonyl (C=O) groups is 1. The fourth-order valence-electron chi connectivity index (χ4n) is 2.04. The Bertz CT molecular complexity index is 614. The zero-order chi connectivity index (χ0) is 14.4. The summed E-state index contributed by atoms with van der Waals surface area (Å²) in [6.45, 7) is 0. The van der Waals surface area contributed by atoms with Gasteiger partial charge in [0.1, 0.15) is 11.7 Å². The Morgan fingerprint density at radius 1 is 1.10 bits per heavy atom. The van der Waals surface area contributed by atoms with Gasteiger partial charge in [-0.2, -0.15) is 5.26 Å². The molecule has 0 spiro atoms. The van der Waals surface area contributed by atoms with Crippen LogP contribution in [0.5, 0.6) is 0 Å². The zero-order valence-electron chi connectivity index (χ0n) is 10.9. The Morgan fingerprint density at radius 2 is 1.75 bits per heavy atom. The second kappa shape index (κ2) is 6.63. The van der Waals surface area contributed by atoms with Crippen molar-refractivity contribution in [1.82, 2.24) is 0 Å². The minimum Gasteiger partial charge on any atom is -0.298 e. The first-order chi connectivity index (χ1) is 9.70. The van der Waals surface area contributed by atoms with Crippen molar-refractivity contribution >= 4 is 5.78 Å². The molecular weight excluding hydrogens is 253 g/mol. The fraction of sp³-hybridized carbons (Fsp3) is 0.176. The molecule has 2 nitrogen and oxygen atoms in total. The Kier molecular flexibility index (Phi) is 4.62. The van der Waals surface area contributed by atoms with E-state index in [1.807, 2.05) is 36.4 Å². The van der Waals surface area contributed by atoms with Gasteiger partial charge in [-0.3, -0.25) is 4.79 Å². The SMILES string of the molecule is N#CC(C(=O)CCc1ccccc1)c1ccc(F)cc1. The van der Waals surface area contributed by atoms with E-state index in [1.54, 1.807) is 0 Å². The molecular formula is C17H14FNO. The van der Waals surface area contributed by atoms with E-state index in [9.17, 15) is 9.18 Å². The number of aryl methyl sites for hydroxylation is 1. The van der Waals surface area contributed by atoms with E-state index in [4.69, 9.17) is 5.26 Å². The molecule has 0 aliphatic carbocycles. The molecule has 0 radical (unpaired) electrons. The van der Waals surface area contributed by atoms with Crippen molar-refractivity contribution in [2.24, 2.45) is 0 Å². The Hall–Kier alpha value is -2.47. The van der Waals surface area contributed by atoms with Crippen LogP contribution in [0, 0.1) is 17.1 Å². The zero-order valence-corrected chi connectivity index (χ0v) is 10.9. The average molecular weight is 267 g/mol. The molecule has 20 heavy (non-hydrogen) atoms. The van der Waals surface area contributed by atoms with Crippen LogP contribution in [0.2, 0.25) is 0 Å². The molecule has 0 saturated heterocycles. The largest absolute Gasteiger partial charge is 0.298 e. The monoisotopic (exact) mass is 267 g/mol. The Balaban J connectivity index is 2.03. The third kappa shape index (κ3) is 3.52. The number of carbonyl (C=O) groups excluding carboxylic acids is 1. The summed E-state index contributed by atoms with van der Waals surface area (Å²) in [5.41, 5.74) is 1.61. The predicted molar refractivity (Wildman–Crippen MR) is 74.5 cm³/mol. The number of nitriles is 1. The van der Waals surface area contributed by atoms with Gasteiger partial charge < -0.3 is 0 Å². The lowest BCUT2D eigenvalue weighted by atomic mass is 9.92. The number of ketones is 1. The van der Waals surface area contributed by atoms with E-state index in [0.717, 1.165) is 5.56 Å². The molecule has 3 heteroatoms. The van der Waals surface area contributed by atoms with E-state index >= 15 is 0 Å². The summed E-state index contributed by atoms with van der Waals surface area (Å²) in [6.07, 6.45) is 0.915. The van der Waals surface area contributed by atoms with Crippen LogP contribution >= 0.6 is 0 Å². The van der Waals surface area contributed by atoms with Gasteiger partial charge >= 0.3 is 0 Å². The van der Waals surface area contributed by atoms with Gasteiger partial charge in [0.15, 0.2) is 5.78 Å². The van der Waals surface area contributed by atoms with Crippen LogP contribution < -0.4 is 0 Å². The molecule has 2 rings (SSSR count). The van der Waals surface area contributed by atoms with Gasteiger partial charge in [-0.1, -0.05) is 42.5 Å². The summed E-state index contributed by atoms with van der Waals surface area (Å²) in [4.78, 5) is 12.1. The summed E-state index contributed by atoms with van der Waals surface area (Å²) in [7, 11) is 0. The number of Topliss-reactive ketones (excluding diaryl/α,β-unsaturated/α-hetero) is 1. The summed E-state index contributed by atoms with van der Waals surface area (Å²) in [6, 6.07) is 17.2. The highest BCUT2D eigenvalue weighted by molar-refractivity contribution is 5.88. The van der Waals surface area contributed by atoms with Crippen LogP contribution in [0.25, 0.3) is 0 Å². The van der Waals surface area contributed by atoms with Crippen LogP contribution in [0.3, 0.4) is 0 Å². The smallest absolute Gasteiger partial charge is 0.154 e. The predicted octanol–water partition coefficient (Wildman–Crippen LogP) is 3.63. The van der Waals surface area contributed by atoms with Crippen LogP contribution in [0.1, 0.15) is 23.5 Å². The lowest BCUT2D eigenvalue weighted by molar-refractivity contribution is -0.119. The number of benzene rings is 2. The number of rotatable bonds is 5. The third-order valence-electron chi connectivity index (χ3n) is 3.16. The second-order valence-corrected chi connectivity index (χ2v) is 4.57. The molecule has 0 N–H and O–H groups in total. The van der Waals surface area contributed by atoms with Gasteiger partial charge in [0.05, 0.1) is 6.07 Å². The molecule has 0 aromatic heterocycles. The van der Waals surface area contributed by atoms with E-state index in [-0.39, 0.29) is 11.6 Å². The van der Waals surface area contributed by atoms with E-state index in [0.29, 0.717) is 18.4 Å². The molecule has 0 bridgehead atoms. The van der Waals surface area contributed by atoms with E-state index in [1.165, 1.54) is 24.3 Å². The Labute approximate surface area is 117 Å². The highest BCUT2D eigenvalue weighted by atomic mass is 19.1. The summed E-state index contributed by atoms with van der Waals surface area (Å²) in [5, 5.41) is 9.15. The van der Waals surface area contributed by atoms with Gasteiger partial charge in [-0.05, 0) is 29.7 Å². The highest BCUT2D eigenvalue weighted by Crippen LogP contribution is 2.19. The van der Waals surface area contributed by atoms with E-state index in [2.05, 4.69) is 0 Å². The van der Waals surface area contributed by atoms with Crippen LogP contribution in [-0.2, 0) is 11.2 Å². The maximum absolute atomic E-state index is 12.9. The van der Waals surface area contributed by atoms with Gasteiger partial charge in [0.25, 0.3) is 0 Å². The van der Waals surface area contributed by atoms with Crippen molar-refractivity contribution in [2.45, 2.75) is 18.8 Å². The number of halogens is 1. The summed E-state index contributed by atoms with van der Waals surface area (Å²) >= 11 is 0. The van der Waals surface area contributed by atoms with Crippen LogP contribution in [0.15, 0.2) is 54.6 Å². The first kappa shape index (κ1) is 14.0. The number of hydrogen-bond acceptors (Lipinski definition) is 2. The average Bonchev–Trinajstić information content (AvgIpc) is 2.49. The molecule has 1 unspecified atom stereocenters. The first-order valence-corrected chi connectivity index (χ1v) is 6.42. The van der Waals surface area contributed by atoms with Crippen LogP contribution in [-0.4, -0.2) is 5.78 Å². The van der Waals surface area contributed by atoms with Gasteiger partial charge in [0, 0.05) is 6.42 Å². The minimum absolute atomic E-state index is 0.136. The second-order valence-electron chi connectivity index (χ2n) is 4.57. The van der Waals surface area contributed by atoms with Gasteiger partial charge in [-0.25, -0.2) is 4.39 Å². The van der Waals surface area contributed by atoms with Crippen molar-refractivity contribution in [2.75, 3.05) is 0 Å². The quantitative estimate of drug-likeness (QED) is 0.830.